The van der Waals surface area contributed by atoms with Crippen molar-refractivity contribution in [3.05, 3.63) is 34.9 Å². The number of primary amides is 1. The number of nitrogens with one attached hydrogen (secondary N) is 1. The molecule has 6 heteroatoms. The highest BCUT2D eigenvalue weighted by molar-refractivity contribution is 6.31. The van der Waals surface area contributed by atoms with Gasteiger partial charge in [0, 0.05) is 24.5 Å². The smallest absolute Gasteiger partial charge is 0.218 e. The molecule has 0 aromatic heterocycles. The summed E-state index contributed by atoms with van der Waals surface area (Å²) in [5, 5.41) is 13.2. The maximum absolute atomic E-state index is 10.5. The molecule has 0 saturated carbocycles. The summed E-state index contributed by atoms with van der Waals surface area (Å²) < 4.78 is 5.37. The fraction of sp³-hybridized carbons (Fsp3) is 0.462. The first kappa shape index (κ1) is 15.9. The van der Waals surface area contributed by atoms with Crippen LogP contribution in [0.1, 0.15) is 12.0 Å². The lowest BCUT2D eigenvalue weighted by Gasteiger charge is -2.12. The molecule has 0 fully saturated rings. The molecule has 0 aliphatic rings. The molecule has 0 bridgehead atoms. The molecule has 0 aliphatic carbocycles. The van der Waals surface area contributed by atoms with Crippen molar-refractivity contribution < 1.29 is 14.6 Å². The van der Waals surface area contributed by atoms with Crippen molar-refractivity contribution in [2.75, 3.05) is 19.7 Å². The zero-order chi connectivity index (χ0) is 14.1. The summed E-state index contributed by atoms with van der Waals surface area (Å²) in [6.45, 7) is 1.37. The highest BCUT2D eigenvalue weighted by Crippen LogP contribution is 2.15. The maximum Gasteiger partial charge on any atom is 0.218 e. The van der Waals surface area contributed by atoms with E-state index in [0.29, 0.717) is 24.7 Å². The van der Waals surface area contributed by atoms with E-state index in [1.807, 2.05) is 18.2 Å². The lowest BCUT2D eigenvalue weighted by molar-refractivity contribution is -0.117. The van der Waals surface area contributed by atoms with Gasteiger partial charge in [-0.2, -0.15) is 0 Å². The van der Waals surface area contributed by atoms with Crippen LogP contribution in [0.5, 0.6) is 0 Å². The van der Waals surface area contributed by atoms with Crippen molar-refractivity contribution in [2.24, 2.45) is 5.73 Å². The predicted octanol–water partition coefficient (Wildman–Crippen LogP) is 0.683. The second-order valence-electron chi connectivity index (χ2n) is 4.18. The van der Waals surface area contributed by atoms with E-state index < -0.39 is 6.10 Å². The van der Waals surface area contributed by atoms with Crippen LogP contribution in [-0.4, -0.2) is 36.8 Å². The SMILES string of the molecule is NC(=O)CCNCC(O)COCc1ccccc1Cl. The standard InChI is InChI=1S/C13H19ClN2O3/c14-12-4-2-1-3-10(12)8-19-9-11(17)7-16-6-5-13(15)18/h1-4,11,16-17H,5-9H2,(H2,15,18). The molecule has 0 aliphatic heterocycles. The van der Waals surface area contributed by atoms with Crippen LogP contribution in [-0.2, 0) is 16.1 Å². The van der Waals surface area contributed by atoms with E-state index in [4.69, 9.17) is 22.1 Å². The fourth-order valence-corrected chi connectivity index (χ4v) is 1.65. The first-order valence-corrected chi connectivity index (χ1v) is 6.45. The quantitative estimate of drug-likeness (QED) is 0.583. The number of ether oxygens (including phenoxy) is 1. The Bertz CT molecular complexity index is 401. The van der Waals surface area contributed by atoms with Gasteiger partial charge >= 0.3 is 0 Å². The van der Waals surface area contributed by atoms with Gasteiger partial charge in [-0.1, -0.05) is 29.8 Å². The zero-order valence-electron chi connectivity index (χ0n) is 10.6. The van der Waals surface area contributed by atoms with Gasteiger partial charge in [0.25, 0.3) is 0 Å². The molecule has 1 atom stereocenters. The molecule has 0 saturated heterocycles. The van der Waals surface area contributed by atoms with Crippen molar-refractivity contribution in [1.29, 1.82) is 0 Å². The molecule has 1 aromatic carbocycles. The van der Waals surface area contributed by atoms with Crippen LogP contribution in [0, 0.1) is 0 Å². The highest BCUT2D eigenvalue weighted by Gasteiger charge is 2.05. The number of carbonyl (C=O) groups is 1. The van der Waals surface area contributed by atoms with Crippen molar-refractivity contribution in [1.82, 2.24) is 5.32 Å². The number of amides is 1. The minimum Gasteiger partial charge on any atom is -0.389 e. The summed E-state index contributed by atoms with van der Waals surface area (Å²) in [6, 6.07) is 7.40. The molecule has 5 nitrogen and oxygen atoms in total. The van der Waals surface area contributed by atoms with Gasteiger partial charge in [0.15, 0.2) is 0 Å². The van der Waals surface area contributed by atoms with E-state index >= 15 is 0 Å². The predicted molar refractivity (Wildman–Crippen MR) is 73.8 cm³/mol. The number of rotatable bonds is 9. The van der Waals surface area contributed by atoms with Crippen LogP contribution < -0.4 is 11.1 Å². The van der Waals surface area contributed by atoms with Gasteiger partial charge in [0.2, 0.25) is 5.91 Å². The third kappa shape index (κ3) is 7.12. The minimum absolute atomic E-state index is 0.203. The molecular formula is C13H19ClN2O3. The summed E-state index contributed by atoms with van der Waals surface area (Å²) in [5.41, 5.74) is 5.88. The summed E-state index contributed by atoms with van der Waals surface area (Å²) in [4.78, 5) is 10.5. The lowest BCUT2D eigenvalue weighted by Crippen LogP contribution is -2.32. The Morgan fingerprint density at radius 2 is 2.21 bits per heavy atom. The van der Waals surface area contributed by atoms with Crippen molar-refractivity contribution in [3.63, 3.8) is 0 Å². The van der Waals surface area contributed by atoms with Gasteiger partial charge < -0.3 is 20.9 Å². The third-order valence-electron chi connectivity index (χ3n) is 2.45. The Kier molecular flexibility index (Phi) is 7.43. The molecule has 0 spiro atoms. The lowest BCUT2D eigenvalue weighted by atomic mass is 10.2. The van der Waals surface area contributed by atoms with Crippen LogP contribution in [0.3, 0.4) is 0 Å². The second-order valence-corrected chi connectivity index (χ2v) is 4.59. The van der Waals surface area contributed by atoms with E-state index in [0.717, 1.165) is 5.56 Å². The summed E-state index contributed by atoms with van der Waals surface area (Å²) in [5.74, 6) is -0.364. The molecule has 0 radical (unpaired) electrons. The van der Waals surface area contributed by atoms with Gasteiger partial charge in [0.1, 0.15) is 0 Å². The van der Waals surface area contributed by atoms with E-state index in [1.165, 1.54) is 0 Å². The summed E-state index contributed by atoms with van der Waals surface area (Å²) >= 11 is 5.97. The number of carbonyl (C=O) groups excluding carboxylic acids is 1. The fourth-order valence-electron chi connectivity index (χ4n) is 1.46. The Labute approximate surface area is 117 Å². The molecular weight excluding hydrogens is 268 g/mol. The number of halogens is 1. The average molecular weight is 287 g/mol. The number of aliphatic hydroxyl groups is 1. The van der Waals surface area contributed by atoms with Gasteiger partial charge in [-0.05, 0) is 11.6 Å². The van der Waals surface area contributed by atoms with Crippen molar-refractivity contribution >= 4 is 17.5 Å². The molecule has 19 heavy (non-hydrogen) atoms. The molecule has 1 aromatic rings. The highest BCUT2D eigenvalue weighted by atomic mass is 35.5. The molecule has 106 valence electrons. The maximum atomic E-state index is 10.5. The molecule has 1 unspecified atom stereocenters. The van der Waals surface area contributed by atoms with Gasteiger partial charge in [0.05, 0.1) is 19.3 Å². The second kappa shape index (κ2) is 8.87. The Balaban J connectivity index is 2.12. The Morgan fingerprint density at radius 1 is 1.47 bits per heavy atom. The summed E-state index contributed by atoms with van der Waals surface area (Å²) in [6.07, 6.45) is -0.372. The van der Waals surface area contributed by atoms with Crippen molar-refractivity contribution in [3.8, 4) is 0 Å². The molecule has 1 amide bonds. The van der Waals surface area contributed by atoms with E-state index in [1.54, 1.807) is 6.07 Å². The van der Waals surface area contributed by atoms with E-state index in [9.17, 15) is 9.90 Å². The normalized spacial score (nSPS) is 12.3. The van der Waals surface area contributed by atoms with E-state index in [2.05, 4.69) is 5.32 Å². The molecule has 0 heterocycles. The van der Waals surface area contributed by atoms with Crippen molar-refractivity contribution in [2.45, 2.75) is 19.1 Å². The average Bonchev–Trinajstić information content (AvgIpc) is 2.37. The number of nitrogens with two attached hydrogens (primary N) is 1. The topological polar surface area (TPSA) is 84.6 Å². The first-order chi connectivity index (χ1) is 9.09. The number of hydrogen-bond donors (Lipinski definition) is 3. The largest absolute Gasteiger partial charge is 0.389 e. The number of benzene rings is 1. The molecule has 4 N–H and O–H groups in total. The molecule has 1 rings (SSSR count). The van der Waals surface area contributed by atoms with Gasteiger partial charge in [-0.25, -0.2) is 0 Å². The van der Waals surface area contributed by atoms with Crippen LogP contribution in [0.15, 0.2) is 24.3 Å². The van der Waals surface area contributed by atoms with Crippen LogP contribution in [0.2, 0.25) is 5.02 Å². The Hall–Kier alpha value is -1.14. The summed E-state index contributed by atoms with van der Waals surface area (Å²) in [7, 11) is 0. The first-order valence-electron chi connectivity index (χ1n) is 6.08. The number of hydrogen-bond acceptors (Lipinski definition) is 4. The zero-order valence-corrected chi connectivity index (χ0v) is 11.4. The van der Waals surface area contributed by atoms with Gasteiger partial charge in [-0.15, -0.1) is 0 Å². The van der Waals surface area contributed by atoms with Crippen LogP contribution in [0.4, 0.5) is 0 Å². The third-order valence-corrected chi connectivity index (χ3v) is 2.82. The van der Waals surface area contributed by atoms with Crippen LogP contribution in [0.25, 0.3) is 0 Å². The van der Waals surface area contributed by atoms with E-state index in [-0.39, 0.29) is 18.9 Å². The Morgan fingerprint density at radius 3 is 2.89 bits per heavy atom. The minimum atomic E-state index is -0.629. The number of aliphatic hydroxyl groups excluding tert-OH is 1. The monoisotopic (exact) mass is 286 g/mol. The van der Waals surface area contributed by atoms with Gasteiger partial charge in [-0.3, -0.25) is 4.79 Å². The van der Waals surface area contributed by atoms with Crippen LogP contribution >= 0.6 is 11.6 Å².